The van der Waals surface area contributed by atoms with Crippen molar-refractivity contribution < 1.29 is 18.5 Å². The second kappa shape index (κ2) is 7.48. The molecule has 1 fully saturated rings. The summed E-state index contributed by atoms with van der Waals surface area (Å²) in [6.07, 6.45) is 2.53. The Morgan fingerprint density at radius 1 is 1.17 bits per heavy atom. The third-order valence-corrected chi connectivity index (χ3v) is 5.73. The summed E-state index contributed by atoms with van der Waals surface area (Å²) in [7, 11) is 0. The highest BCUT2D eigenvalue weighted by atomic mass is 16.5. The van der Waals surface area contributed by atoms with Crippen molar-refractivity contribution in [3.63, 3.8) is 0 Å². The summed E-state index contributed by atoms with van der Waals surface area (Å²) in [5.41, 5.74) is 2.84. The first-order valence-corrected chi connectivity index (χ1v) is 10.1. The highest BCUT2D eigenvalue weighted by Gasteiger charge is 2.32. The van der Waals surface area contributed by atoms with Gasteiger partial charge in [0.15, 0.2) is 5.89 Å². The molecule has 1 aromatic carbocycles. The van der Waals surface area contributed by atoms with Crippen LogP contribution in [0.2, 0.25) is 0 Å². The van der Waals surface area contributed by atoms with Gasteiger partial charge < -0.3 is 18.6 Å². The summed E-state index contributed by atoms with van der Waals surface area (Å²) in [5, 5.41) is 4.14. The summed E-state index contributed by atoms with van der Waals surface area (Å²) in [5.74, 6) is 2.45. The zero-order valence-electron chi connectivity index (χ0n) is 16.4. The Bertz CT molecular complexity index is 1020. The molecule has 0 atom stereocenters. The zero-order valence-corrected chi connectivity index (χ0v) is 16.4. The molecule has 0 bridgehead atoms. The molecule has 5 rings (SSSR count). The Morgan fingerprint density at radius 3 is 2.76 bits per heavy atom. The van der Waals surface area contributed by atoms with Gasteiger partial charge in [-0.2, -0.15) is 0 Å². The van der Waals surface area contributed by atoms with Crippen LogP contribution in [0.4, 0.5) is 0 Å². The Balaban J connectivity index is 1.39. The van der Waals surface area contributed by atoms with Crippen molar-refractivity contribution in [1.29, 1.82) is 0 Å². The topological polar surface area (TPSA) is 81.6 Å². The number of carbonyl (C=O) groups excluding carboxylic acids is 1. The van der Waals surface area contributed by atoms with E-state index < -0.39 is 0 Å². The van der Waals surface area contributed by atoms with E-state index in [0.717, 1.165) is 49.0 Å². The summed E-state index contributed by atoms with van der Waals surface area (Å²) >= 11 is 0. The molecule has 2 aliphatic heterocycles. The fourth-order valence-corrected chi connectivity index (χ4v) is 4.09. The predicted octanol–water partition coefficient (Wildman–Crippen LogP) is 3.73. The smallest absolute Gasteiger partial charge is 0.260 e. The number of aryl methyl sites for hydroxylation is 1. The predicted molar refractivity (Wildman–Crippen MR) is 104 cm³/mol. The molecule has 29 heavy (non-hydrogen) atoms. The number of carbonyl (C=O) groups is 1. The van der Waals surface area contributed by atoms with Crippen LogP contribution in [0.25, 0.3) is 11.3 Å². The van der Waals surface area contributed by atoms with Gasteiger partial charge in [0.2, 0.25) is 0 Å². The maximum atomic E-state index is 13.3. The Morgan fingerprint density at radius 2 is 1.97 bits per heavy atom. The number of nitrogens with zero attached hydrogens (tertiary/aromatic N) is 3. The first kappa shape index (κ1) is 18.1. The monoisotopic (exact) mass is 393 g/mol. The normalized spacial score (nSPS) is 17.3. The average molecular weight is 393 g/mol. The largest absolute Gasteiger partial charge is 0.445 e. The number of oxazole rings is 1. The summed E-state index contributed by atoms with van der Waals surface area (Å²) in [6, 6.07) is 9.65. The lowest BCUT2D eigenvalue weighted by atomic mass is 10.0. The Labute approximate surface area is 168 Å². The number of ether oxygens (including phenoxy) is 1. The number of benzene rings is 1. The highest BCUT2D eigenvalue weighted by Crippen LogP contribution is 2.32. The summed E-state index contributed by atoms with van der Waals surface area (Å²) in [6.45, 7) is 4.31. The molecule has 150 valence electrons. The molecule has 1 amide bonds. The van der Waals surface area contributed by atoms with E-state index in [9.17, 15) is 4.79 Å². The van der Waals surface area contributed by atoms with Crippen molar-refractivity contribution in [3.8, 4) is 11.3 Å². The van der Waals surface area contributed by atoms with Gasteiger partial charge in [-0.1, -0.05) is 35.5 Å². The molecule has 2 aromatic heterocycles. The molecule has 2 aliphatic rings. The lowest BCUT2D eigenvalue weighted by Crippen LogP contribution is -2.36. The standard InChI is InChI=1S/C22H23N3O4/c1-14-19(20(24-29-14)15-5-3-2-4-6-15)22(26)25-10-7-18-17(13-25)23-21(28-18)16-8-11-27-12-9-16/h2-6,16H,7-13H2,1H3. The lowest BCUT2D eigenvalue weighted by Gasteiger charge is -2.25. The van der Waals surface area contributed by atoms with Crippen molar-refractivity contribution >= 4 is 5.91 Å². The fourth-order valence-electron chi connectivity index (χ4n) is 4.09. The van der Waals surface area contributed by atoms with Gasteiger partial charge in [-0.3, -0.25) is 4.79 Å². The van der Waals surface area contributed by atoms with E-state index in [-0.39, 0.29) is 5.91 Å². The number of fused-ring (bicyclic) bond motifs is 1. The van der Waals surface area contributed by atoms with E-state index in [1.54, 1.807) is 6.92 Å². The SMILES string of the molecule is Cc1onc(-c2ccccc2)c1C(=O)N1CCc2oc(C3CCOCC3)nc2C1. The van der Waals surface area contributed by atoms with Crippen LogP contribution in [0, 0.1) is 6.92 Å². The number of aromatic nitrogens is 2. The van der Waals surface area contributed by atoms with Crippen molar-refractivity contribution in [3.05, 3.63) is 59.0 Å². The van der Waals surface area contributed by atoms with Crippen LogP contribution in [0.3, 0.4) is 0 Å². The van der Waals surface area contributed by atoms with Gasteiger partial charge in [0.1, 0.15) is 28.5 Å². The van der Waals surface area contributed by atoms with Crippen LogP contribution in [-0.4, -0.2) is 40.7 Å². The van der Waals surface area contributed by atoms with Crippen molar-refractivity contribution in [1.82, 2.24) is 15.0 Å². The van der Waals surface area contributed by atoms with Gasteiger partial charge in [-0.25, -0.2) is 4.98 Å². The lowest BCUT2D eigenvalue weighted by molar-refractivity contribution is 0.0724. The second-order valence-corrected chi connectivity index (χ2v) is 7.61. The van der Waals surface area contributed by atoms with E-state index in [1.165, 1.54) is 0 Å². The Kier molecular flexibility index (Phi) is 4.67. The molecule has 0 unspecified atom stereocenters. The first-order valence-electron chi connectivity index (χ1n) is 10.1. The number of amides is 1. The van der Waals surface area contributed by atoms with Crippen molar-refractivity contribution in [2.75, 3.05) is 19.8 Å². The molecular formula is C22H23N3O4. The third kappa shape index (κ3) is 3.35. The maximum Gasteiger partial charge on any atom is 0.260 e. The second-order valence-electron chi connectivity index (χ2n) is 7.61. The first-order chi connectivity index (χ1) is 14.2. The van der Waals surface area contributed by atoms with E-state index in [0.29, 0.717) is 42.4 Å². The Hall–Kier alpha value is -2.93. The molecule has 0 spiro atoms. The molecule has 0 saturated carbocycles. The van der Waals surface area contributed by atoms with Crippen LogP contribution >= 0.6 is 0 Å². The van der Waals surface area contributed by atoms with Crippen LogP contribution in [0.15, 0.2) is 39.3 Å². The van der Waals surface area contributed by atoms with Crippen molar-refractivity contribution in [2.24, 2.45) is 0 Å². The highest BCUT2D eigenvalue weighted by molar-refractivity contribution is 6.00. The van der Waals surface area contributed by atoms with Gasteiger partial charge in [0, 0.05) is 37.7 Å². The number of hydrogen-bond donors (Lipinski definition) is 0. The van der Waals surface area contributed by atoms with Crippen LogP contribution in [0.5, 0.6) is 0 Å². The van der Waals surface area contributed by atoms with Crippen LogP contribution in [0.1, 0.15) is 52.2 Å². The molecule has 7 nitrogen and oxygen atoms in total. The third-order valence-electron chi connectivity index (χ3n) is 5.73. The average Bonchev–Trinajstić information content (AvgIpc) is 3.37. The minimum Gasteiger partial charge on any atom is -0.445 e. The number of hydrogen-bond acceptors (Lipinski definition) is 6. The van der Waals surface area contributed by atoms with Gasteiger partial charge in [-0.15, -0.1) is 0 Å². The van der Waals surface area contributed by atoms with Gasteiger partial charge >= 0.3 is 0 Å². The van der Waals surface area contributed by atoms with Crippen molar-refractivity contribution in [2.45, 2.75) is 38.6 Å². The van der Waals surface area contributed by atoms with E-state index in [2.05, 4.69) is 5.16 Å². The molecule has 0 radical (unpaired) electrons. The minimum absolute atomic E-state index is 0.0798. The summed E-state index contributed by atoms with van der Waals surface area (Å²) < 4.78 is 16.9. The van der Waals surface area contributed by atoms with Gasteiger partial charge in [0.05, 0.1) is 6.54 Å². The molecule has 1 saturated heterocycles. The molecule has 4 heterocycles. The number of rotatable bonds is 3. The van der Waals surface area contributed by atoms with E-state index >= 15 is 0 Å². The molecule has 0 aliphatic carbocycles. The molecule has 0 N–H and O–H groups in total. The fraction of sp³-hybridized carbons (Fsp3) is 0.409. The van der Waals surface area contributed by atoms with Gasteiger partial charge in [-0.05, 0) is 19.8 Å². The van der Waals surface area contributed by atoms with Crippen LogP contribution < -0.4 is 0 Å². The van der Waals surface area contributed by atoms with E-state index in [1.807, 2.05) is 35.2 Å². The zero-order chi connectivity index (χ0) is 19.8. The summed E-state index contributed by atoms with van der Waals surface area (Å²) in [4.78, 5) is 19.9. The van der Waals surface area contributed by atoms with Gasteiger partial charge in [0.25, 0.3) is 5.91 Å². The molecular weight excluding hydrogens is 370 g/mol. The molecule has 3 aromatic rings. The van der Waals surface area contributed by atoms with Crippen LogP contribution in [-0.2, 0) is 17.7 Å². The minimum atomic E-state index is -0.0798. The maximum absolute atomic E-state index is 13.3. The quantitative estimate of drug-likeness (QED) is 0.674. The molecule has 7 heteroatoms. The van der Waals surface area contributed by atoms with E-state index in [4.69, 9.17) is 18.7 Å².